The minimum atomic E-state index is 0.323. The molecule has 0 unspecified atom stereocenters. The van der Waals surface area contributed by atoms with Crippen LogP contribution in [0, 0.1) is 0 Å². The molecule has 0 aromatic heterocycles. The first-order valence-electron chi connectivity index (χ1n) is 5.89. The van der Waals surface area contributed by atoms with Gasteiger partial charge in [-0.15, -0.1) is 0 Å². The van der Waals surface area contributed by atoms with Gasteiger partial charge in [-0.3, -0.25) is 0 Å². The van der Waals surface area contributed by atoms with E-state index in [0.717, 1.165) is 15.5 Å². The second-order valence-electron chi connectivity index (χ2n) is 4.25. The zero-order valence-electron chi connectivity index (χ0n) is 10.2. The Hall–Kier alpha value is -0.640. The molecule has 1 atom stereocenters. The van der Waals surface area contributed by atoms with E-state index in [-0.39, 0.29) is 0 Å². The summed E-state index contributed by atoms with van der Waals surface area (Å²) < 4.78 is 2.27. The smallest absolute Gasteiger partial charge is 0.0306 e. The van der Waals surface area contributed by atoms with Gasteiger partial charge in [0.05, 0.1) is 0 Å². The first-order valence-corrected chi connectivity index (χ1v) is 7.47. The molecule has 0 fully saturated rings. The van der Waals surface area contributed by atoms with Gasteiger partial charge in [-0.05, 0) is 36.2 Å². The van der Waals surface area contributed by atoms with Gasteiger partial charge in [0.2, 0.25) is 0 Å². The average molecular weight is 369 g/mol. The SMILES string of the molecule is C[C@H](NCc1ccc(Br)cc1)c1ccccc1Br. The van der Waals surface area contributed by atoms with Crippen molar-refractivity contribution in [2.75, 3.05) is 0 Å². The van der Waals surface area contributed by atoms with Crippen LogP contribution in [0.2, 0.25) is 0 Å². The van der Waals surface area contributed by atoms with E-state index >= 15 is 0 Å². The summed E-state index contributed by atoms with van der Waals surface area (Å²) in [5, 5.41) is 3.53. The molecule has 0 spiro atoms. The average Bonchev–Trinajstić information content (AvgIpc) is 2.38. The third-order valence-electron chi connectivity index (χ3n) is 2.90. The van der Waals surface area contributed by atoms with Gasteiger partial charge in [0.25, 0.3) is 0 Å². The Labute approximate surface area is 125 Å². The van der Waals surface area contributed by atoms with Crippen LogP contribution in [-0.2, 0) is 6.54 Å². The molecule has 0 saturated carbocycles. The monoisotopic (exact) mass is 367 g/mol. The summed E-state index contributed by atoms with van der Waals surface area (Å²) in [6, 6.07) is 17.0. The molecule has 94 valence electrons. The Morgan fingerprint density at radius 2 is 1.67 bits per heavy atom. The summed E-state index contributed by atoms with van der Waals surface area (Å²) in [4.78, 5) is 0. The van der Waals surface area contributed by atoms with Crippen molar-refractivity contribution >= 4 is 31.9 Å². The van der Waals surface area contributed by atoms with Gasteiger partial charge in [-0.25, -0.2) is 0 Å². The molecule has 0 aliphatic carbocycles. The molecule has 0 bridgehead atoms. The van der Waals surface area contributed by atoms with Crippen LogP contribution in [-0.4, -0.2) is 0 Å². The minimum Gasteiger partial charge on any atom is -0.306 e. The van der Waals surface area contributed by atoms with Crippen molar-refractivity contribution < 1.29 is 0 Å². The molecular formula is C15H15Br2N. The molecule has 2 aromatic carbocycles. The fourth-order valence-corrected chi connectivity index (χ4v) is 2.70. The van der Waals surface area contributed by atoms with E-state index in [9.17, 15) is 0 Å². The number of rotatable bonds is 4. The topological polar surface area (TPSA) is 12.0 Å². The van der Waals surface area contributed by atoms with Crippen molar-refractivity contribution in [2.24, 2.45) is 0 Å². The fourth-order valence-electron chi connectivity index (χ4n) is 1.81. The maximum absolute atomic E-state index is 3.59. The van der Waals surface area contributed by atoms with E-state index in [1.807, 2.05) is 6.07 Å². The molecule has 18 heavy (non-hydrogen) atoms. The lowest BCUT2D eigenvalue weighted by molar-refractivity contribution is 0.573. The molecule has 3 heteroatoms. The van der Waals surface area contributed by atoms with Crippen LogP contribution in [0.25, 0.3) is 0 Å². The van der Waals surface area contributed by atoms with Crippen LogP contribution in [0.15, 0.2) is 57.5 Å². The highest BCUT2D eigenvalue weighted by Crippen LogP contribution is 2.23. The van der Waals surface area contributed by atoms with E-state index in [4.69, 9.17) is 0 Å². The van der Waals surface area contributed by atoms with Crippen LogP contribution in [0.1, 0.15) is 24.1 Å². The standard InChI is InChI=1S/C15H15Br2N/c1-11(14-4-2-3-5-15(14)17)18-10-12-6-8-13(16)9-7-12/h2-9,11,18H,10H2,1H3/t11-/m0/s1. The lowest BCUT2D eigenvalue weighted by Gasteiger charge is -2.15. The first-order chi connectivity index (χ1) is 8.66. The number of nitrogens with one attached hydrogen (secondary N) is 1. The quantitative estimate of drug-likeness (QED) is 0.794. The molecular weight excluding hydrogens is 354 g/mol. The van der Waals surface area contributed by atoms with Crippen LogP contribution < -0.4 is 5.32 Å². The lowest BCUT2D eigenvalue weighted by atomic mass is 10.1. The Kier molecular flexibility index (Phi) is 4.98. The van der Waals surface area contributed by atoms with E-state index in [1.165, 1.54) is 11.1 Å². The third-order valence-corrected chi connectivity index (χ3v) is 4.15. The lowest BCUT2D eigenvalue weighted by Crippen LogP contribution is -2.18. The highest BCUT2D eigenvalue weighted by molar-refractivity contribution is 9.10. The Bertz CT molecular complexity index is 508. The second-order valence-corrected chi connectivity index (χ2v) is 6.02. The van der Waals surface area contributed by atoms with Crippen LogP contribution in [0.5, 0.6) is 0 Å². The number of halogens is 2. The van der Waals surface area contributed by atoms with Crippen molar-refractivity contribution in [3.8, 4) is 0 Å². The molecule has 1 N–H and O–H groups in total. The summed E-state index contributed by atoms with van der Waals surface area (Å²) in [6.45, 7) is 3.05. The minimum absolute atomic E-state index is 0.323. The molecule has 0 amide bonds. The van der Waals surface area contributed by atoms with Gasteiger partial charge < -0.3 is 5.32 Å². The third kappa shape index (κ3) is 3.67. The molecule has 0 aliphatic heterocycles. The Balaban J connectivity index is 1.98. The summed E-state index contributed by atoms with van der Waals surface area (Å²) in [7, 11) is 0. The zero-order chi connectivity index (χ0) is 13.0. The van der Waals surface area contributed by atoms with Gasteiger partial charge >= 0.3 is 0 Å². The van der Waals surface area contributed by atoms with Gasteiger partial charge in [-0.2, -0.15) is 0 Å². The zero-order valence-corrected chi connectivity index (χ0v) is 13.3. The molecule has 2 aromatic rings. The van der Waals surface area contributed by atoms with Crippen molar-refractivity contribution in [1.82, 2.24) is 5.32 Å². The highest BCUT2D eigenvalue weighted by Gasteiger charge is 2.07. The molecule has 0 radical (unpaired) electrons. The predicted molar refractivity (Wildman–Crippen MR) is 83.5 cm³/mol. The summed E-state index contributed by atoms with van der Waals surface area (Å²) in [5.41, 5.74) is 2.58. The van der Waals surface area contributed by atoms with Crippen molar-refractivity contribution in [3.05, 3.63) is 68.6 Å². The second kappa shape index (κ2) is 6.50. The molecule has 0 aliphatic rings. The molecule has 2 rings (SSSR count). The van der Waals surface area contributed by atoms with Gasteiger partial charge in [0.1, 0.15) is 0 Å². The largest absolute Gasteiger partial charge is 0.306 e. The van der Waals surface area contributed by atoms with Crippen molar-refractivity contribution in [2.45, 2.75) is 19.5 Å². The number of hydrogen-bond acceptors (Lipinski definition) is 1. The summed E-state index contributed by atoms with van der Waals surface area (Å²) in [5.74, 6) is 0. The Morgan fingerprint density at radius 3 is 2.33 bits per heavy atom. The Morgan fingerprint density at radius 1 is 1.00 bits per heavy atom. The predicted octanol–water partition coefficient (Wildman–Crippen LogP) is 5.06. The van der Waals surface area contributed by atoms with E-state index in [2.05, 4.69) is 86.6 Å². The van der Waals surface area contributed by atoms with E-state index < -0.39 is 0 Å². The van der Waals surface area contributed by atoms with Gasteiger partial charge in [0.15, 0.2) is 0 Å². The molecule has 0 saturated heterocycles. The fraction of sp³-hybridized carbons (Fsp3) is 0.200. The van der Waals surface area contributed by atoms with Crippen molar-refractivity contribution in [1.29, 1.82) is 0 Å². The summed E-state index contributed by atoms with van der Waals surface area (Å²) >= 11 is 7.03. The maximum Gasteiger partial charge on any atom is 0.0306 e. The van der Waals surface area contributed by atoms with Gasteiger partial charge in [-0.1, -0.05) is 62.2 Å². The summed E-state index contributed by atoms with van der Waals surface area (Å²) in [6.07, 6.45) is 0. The van der Waals surface area contributed by atoms with E-state index in [1.54, 1.807) is 0 Å². The van der Waals surface area contributed by atoms with Crippen LogP contribution >= 0.6 is 31.9 Å². The van der Waals surface area contributed by atoms with Crippen LogP contribution in [0.4, 0.5) is 0 Å². The first kappa shape index (κ1) is 13.8. The highest BCUT2D eigenvalue weighted by atomic mass is 79.9. The maximum atomic E-state index is 3.59. The molecule has 0 heterocycles. The normalized spacial score (nSPS) is 12.4. The van der Waals surface area contributed by atoms with Crippen LogP contribution in [0.3, 0.4) is 0 Å². The van der Waals surface area contributed by atoms with Crippen molar-refractivity contribution in [3.63, 3.8) is 0 Å². The number of hydrogen-bond donors (Lipinski definition) is 1. The van der Waals surface area contributed by atoms with E-state index in [0.29, 0.717) is 6.04 Å². The van der Waals surface area contributed by atoms with Gasteiger partial charge in [0, 0.05) is 21.5 Å². The molecule has 1 nitrogen and oxygen atoms in total. The number of benzene rings is 2.